The molecule has 1 heterocycles. The number of aliphatic imine (C=N–C) groups is 1. The number of rotatable bonds is 7. The quantitative estimate of drug-likeness (QED) is 0.430. The largest absolute Gasteiger partial charge is 0.381 e. The van der Waals surface area contributed by atoms with E-state index in [0.717, 1.165) is 64.7 Å². The maximum Gasteiger partial charge on any atom is 0.191 e. The summed E-state index contributed by atoms with van der Waals surface area (Å²) in [5, 5.41) is 6.65. The van der Waals surface area contributed by atoms with Gasteiger partial charge >= 0.3 is 0 Å². The van der Waals surface area contributed by atoms with Crippen LogP contribution in [0.3, 0.4) is 0 Å². The SMILES string of the molecule is CCNC(=NCCCOCC1CCOCC1)NC(C)(C)C. The van der Waals surface area contributed by atoms with Crippen molar-refractivity contribution >= 4 is 5.96 Å². The zero-order valence-corrected chi connectivity index (χ0v) is 14.2. The van der Waals surface area contributed by atoms with E-state index in [1.807, 2.05) is 0 Å². The van der Waals surface area contributed by atoms with E-state index in [-0.39, 0.29) is 5.54 Å². The topological polar surface area (TPSA) is 54.9 Å². The molecule has 1 fully saturated rings. The highest BCUT2D eigenvalue weighted by atomic mass is 16.5. The monoisotopic (exact) mass is 299 g/mol. The smallest absolute Gasteiger partial charge is 0.191 e. The number of ether oxygens (including phenoxy) is 2. The van der Waals surface area contributed by atoms with E-state index in [4.69, 9.17) is 9.47 Å². The van der Waals surface area contributed by atoms with Crippen molar-refractivity contribution in [3.8, 4) is 0 Å². The van der Waals surface area contributed by atoms with Crippen molar-refractivity contribution < 1.29 is 9.47 Å². The van der Waals surface area contributed by atoms with E-state index < -0.39 is 0 Å². The lowest BCUT2D eigenvalue weighted by Gasteiger charge is -2.23. The van der Waals surface area contributed by atoms with Crippen LogP contribution in [-0.4, -0.2) is 51.0 Å². The second kappa shape index (κ2) is 10.0. The molecule has 1 rings (SSSR count). The Hall–Kier alpha value is -0.810. The fourth-order valence-corrected chi connectivity index (χ4v) is 2.18. The molecule has 0 aromatic carbocycles. The Balaban J connectivity index is 2.12. The molecule has 0 saturated carbocycles. The normalized spacial score (nSPS) is 17.8. The molecule has 5 nitrogen and oxygen atoms in total. The maximum atomic E-state index is 5.75. The molecule has 124 valence electrons. The summed E-state index contributed by atoms with van der Waals surface area (Å²) in [7, 11) is 0. The van der Waals surface area contributed by atoms with Gasteiger partial charge in [-0.05, 0) is 52.9 Å². The van der Waals surface area contributed by atoms with E-state index in [1.165, 1.54) is 0 Å². The van der Waals surface area contributed by atoms with Gasteiger partial charge in [-0.25, -0.2) is 0 Å². The van der Waals surface area contributed by atoms with Crippen molar-refractivity contribution in [2.24, 2.45) is 10.9 Å². The van der Waals surface area contributed by atoms with Gasteiger partial charge < -0.3 is 20.1 Å². The molecular formula is C16H33N3O2. The second-order valence-electron chi connectivity index (χ2n) is 6.62. The molecule has 0 amide bonds. The molecular weight excluding hydrogens is 266 g/mol. The maximum absolute atomic E-state index is 5.75. The van der Waals surface area contributed by atoms with Crippen LogP contribution in [0.25, 0.3) is 0 Å². The summed E-state index contributed by atoms with van der Waals surface area (Å²) in [4.78, 5) is 4.58. The Labute approximate surface area is 129 Å². The average Bonchev–Trinajstić information content (AvgIpc) is 2.42. The molecule has 0 bridgehead atoms. The van der Waals surface area contributed by atoms with E-state index in [9.17, 15) is 0 Å². The lowest BCUT2D eigenvalue weighted by molar-refractivity contribution is 0.0205. The Morgan fingerprint density at radius 3 is 2.62 bits per heavy atom. The number of guanidine groups is 1. The minimum atomic E-state index is 0.0283. The van der Waals surface area contributed by atoms with Crippen molar-refractivity contribution in [3.05, 3.63) is 0 Å². The van der Waals surface area contributed by atoms with Crippen LogP contribution in [-0.2, 0) is 9.47 Å². The van der Waals surface area contributed by atoms with Gasteiger partial charge in [-0.3, -0.25) is 4.99 Å². The lowest BCUT2D eigenvalue weighted by Crippen LogP contribution is -2.47. The molecule has 0 aromatic heterocycles. The van der Waals surface area contributed by atoms with E-state index in [1.54, 1.807) is 0 Å². The van der Waals surface area contributed by atoms with Crippen LogP contribution in [0.2, 0.25) is 0 Å². The van der Waals surface area contributed by atoms with Gasteiger partial charge in [0.05, 0.1) is 0 Å². The molecule has 0 aliphatic carbocycles. The van der Waals surface area contributed by atoms with Crippen LogP contribution in [0, 0.1) is 5.92 Å². The van der Waals surface area contributed by atoms with E-state index in [2.05, 4.69) is 43.3 Å². The summed E-state index contributed by atoms with van der Waals surface area (Å²) in [5.41, 5.74) is 0.0283. The third kappa shape index (κ3) is 9.69. The first kappa shape index (κ1) is 18.2. The minimum absolute atomic E-state index is 0.0283. The van der Waals surface area contributed by atoms with Crippen molar-refractivity contribution in [2.75, 3.05) is 39.5 Å². The molecule has 21 heavy (non-hydrogen) atoms. The standard InChI is InChI=1S/C16H33N3O2/c1-5-17-15(19-16(2,3)4)18-9-6-10-21-13-14-7-11-20-12-8-14/h14H,5-13H2,1-4H3,(H2,17,18,19). The number of hydrogen-bond donors (Lipinski definition) is 2. The first-order valence-corrected chi connectivity index (χ1v) is 8.23. The number of hydrogen-bond acceptors (Lipinski definition) is 3. The van der Waals surface area contributed by atoms with Gasteiger partial charge in [-0.2, -0.15) is 0 Å². The third-order valence-corrected chi connectivity index (χ3v) is 3.25. The molecule has 5 heteroatoms. The summed E-state index contributed by atoms with van der Waals surface area (Å²) < 4.78 is 11.1. The summed E-state index contributed by atoms with van der Waals surface area (Å²) >= 11 is 0. The zero-order chi connectivity index (χ0) is 15.6. The van der Waals surface area contributed by atoms with E-state index in [0.29, 0.717) is 5.92 Å². The zero-order valence-electron chi connectivity index (χ0n) is 14.2. The highest BCUT2D eigenvalue weighted by Crippen LogP contribution is 2.14. The second-order valence-corrected chi connectivity index (χ2v) is 6.62. The van der Waals surface area contributed by atoms with Crippen LogP contribution in [0.5, 0.6) is 0 Å². The first-order valence-electron chi connectivity index (χ1n) is 8.23. The van der Waals surface area contributed by atoms with Gasteiger partial charge in [0.1, 0.15) is 0 Å². The first-order chi connectivity index (χ1) is 10.0. The Morgan fingerprint density at radius 2 is 2.00 bits per heavy atom. The lowest BCUT2D eigenvalue weighted by atomic mass is 10.0. The van der Waals surface area contributed by atoms with Crippen molar-refractivity contribution in [2.45, 2.75) is 52.5 Å². The molecule has 0 aromatic rings. The van der Waals surface area contributed by atoms with Crippen molar-refractivity contribution in [3.63, 3.8) is 0 Å². The minimum Gasteiger partial charge on any atom is -0.381 e. The molecule has 0 atom stereocenters. The predicted molar refractivity (Wildman–Crippen MR) is 87.8 cm³/mol. The predicted octanol–water partition coefficient (Wildman–Crippen LogP) is 2.17. The van der Waals surface area contributed by atoms with Crippen LogP contribution in [0.1, 0.15) is 47.0 Å². The number of nitrogens with one attached hydrogen (secondary N) is 2. The van der Waals surface area contributed by atoms with Crippen LogP contribution >= 0.6 is 0 Å². The Morgan fingerprint density at radius 1 is 1.29 bits per heavy atom. The molecule has 1 aliphatic heterocycles. The van der Waals surface area contributed by atoms with Gasteiger partial charge in [-0.1, -0.05) is 0 Å². The van der Waals surface area contributed by atoms with Gasteiger partial charge in [0.2, 0.25) is 0 Å². The summed E-state index contributed by atoms with van der Waals surface area (Å²) in [6, 6.07) is 0. The molecule has 0 unspecified atom stereocenters. The van der Waals surface area contributed by atoms with Gasteiger partial charge in [0.15, 0.2) is 5.96 Å². The third-order valence-electron chi connectivity index (χ3n) is 3.25. The van der Waals surface area contributed by atoms with E-state index >= 15 is 0 Å². The highest BCUT2D eigenvalue weighted by Gasteiger charge is 2.13. The van der Waals surface area contributed by atoms with Crippen molar-refractivity contribution in [1.82, 2.24) is 10.6 Å². The fraction of sp³-hybridized carbons (Fsp3) is 0.938. The summed E-state index contributed by atoms with van der Waals surface area (Å²) in [6.45, 7) is 13.6. The van der Waals surface area contributed by atoms with Crippen LogP contribution in [0.15, 0.2) is 4.99 Å². The molecule has 0 spiro atoms. The van der Waals surface area contributed by atoms with Gasteiger partial charge in [0, 0.05) is 45.1 Å². The fourth-order valence-electron chi connectivity index (χ4n) is 2.18. The average molecular weight is 299 g/mol. The number of nitrogens with zero attached hydrogens (tertiary/aromatic N) is 1. The summed E-state index contributed by atoms with van der Waals surface area (Å²) in [5.74, 6) is 1.57. The van der Waals surface area contributed by atoms with Gasteiger partial charge in [0.25, 0.3) is 0 Å². The Kier molecular flexibility index (Phi) is 8.69. The molecule has 0 radical (unpaired) electrons. The van der Waals surface area contributed by atoms with Crippen LogP contribution < -0.4 is 10.6 Å². The molecule has 1 saturated heterocycles. The van der Waals surface area contributed by atoms with Crippen molar-refractivity contribution in [1.29, 1.82) is 0 Å². The highest BCUT2D eigenvalue weighted by molar-refractivity contribution is 5.80. The molecule has 2 N–H and O–H groups in total. The molecule has 1 aliphatic rings. The van der Waals surface area contributed by atoms with Gasteiger partial charge in [-0.15, -0.1) is 0 Å². The summed E-state index contributed by atoms with van der Waals surface area (Å²) in [6.07, 6.45) is 3.24. The van der Waals surface area contributed by atoms with Crippen LogP contribution in [0.4, 0.5) is 0 Å². The Bertz CT molecular complexity index is 294.